The predicted molar refractivity (Wildman–Crippen MR) is 78.0 cm³/mol. The van der Waals surface area contributed by atoms with E-state index in [1.807, 2.05) is 31.2 Å². The normalized spacial score (nSPS) is 14.0. The lowest BCUT2D eigenvalue weighted by Crippen LogP contribution is -2.31. The van der Waals surface area contributed by atoms with Crippen LogP contribution >= 0.6 is 15.9 Å². The van der Waals surface area contributed by atoms with Gasteiger partial charge < -0.3 is 4.74 Å². The highest BCUT2D eigenvalue weighted by Gasteiger charge is 2.33. The molecule has 0 saturated heterocycles. The topological polar surface area (TPSA) is 43.4 Å². The number of esters is 1. The van der Waals surface area contributed by atoms with E-state index >= 15 is 0 Å². The molecule has 2 unspecified atom stereocenters. The summed E-state index contributed by atoms with van der Waals surface area (Å²) in [6.07, 6.45) is -0.222. The van der Waals surface area contributed by atoms with Crippen molar-refractivity contribution in [2.24, 2.45) is 5.92 Å². The summed E-state index contributed by atoms with van der Waals surface area (Å²) in [7, 11) is 0. The number of ether oxygens (including phenoxy) is 1. The first-order valence-electron chi connectivity index (χ1n) is 6.30. The molecule has 1 aromatic rings. The van der Waals surface area contributed by atoms with Gasteiger partial charge in [0.15, 0.2) is 0 Å². The van der Waals surface area contributed by atoms with Gasteiger partial charge in [-0.2, -0.15) is 0 Å². The number of hydrogen-bond acceptors (Lipinski definition) is 3. The Bertz CT molecular complexity index is 468. The first-order valence-corrected chi connectivity index (χ1v) is 7.09. The minimum Gasteiger partial charge on any atom is -0.462 e. The maximum absolute atomic E-state index is 12.1. The number of rotatable bonds is 5. The third kappa shape index (κ3) is 4.16. The standard InChI is InChI=1S/C15H19BrO3/c1-9(2)19-15(18)14(11(4)17)10(3)12-7-5-6-8-13(12)16/h5-10,14H,1-4H3. The van der Waals surface area contributed by atoms with Crippen molar-refractivity contribution in [1.29, 1.82) is 0 Å². The van der Waals surface area contributed by atoms with E-state index in [1.165, 1.54) is 6.92 Å². The van der Waals surface area contributed by atoms with Gasteiger partial charge >= 0.3 is 5.97 Å². The first-order chi connectivity index (χ1) is 8.84. The molecule has 2 atom stereocenters. The fourth-order valence-corrected chi connectivity index (χ4v) is 2.70. The molecule has 3 nitrogen and oxygen atoms in total. The third-order valence-corrected chi connectivity index (χ3v) is 3.66. The molecule has 0 amide bonds. The highest BCUT2D eigenvalue weighted by molar-refractivity contribution is 9.10. The van der Waals surface area contributed by atoms with Gasteiger partial charge in [0.25, 0.3) is 0 Å². The summed E-state index contributed by atoms with van der Waals surface area (Å²) >= 11 is 3.45. The molecule has 0 aliphatic carbocycles. The summed E-state index contributed by atoms with van der Waals surface area (Å²) in [5.41, 5.74) is 0.934. The zero-order valence-corrected chi connectivity index (χ0v) is 13.2. The summed E-state index contributed by atoms with van der Waals surface area (Å²) in [6.45, 7) is 6.85. The van der Waals surface area contributed by atoms with E-state index in [2.05, 4.69) is 15.9 Å². The van der Waals surface area contributed by atoms with Crippen LogP contribution in [-0.2, 0) is 14.3 Å². The van der Waals surface area contributed by atoms with Crippen LogP contribution in [0.25, 0.3) is 0 Å². The second-order valence-electron chi connectivity index (χ2n) is 4.88. The number of ketones is 1. The number of carbonyl (C=O) groups is 2. The minimum atomic E-state index is -0.763. The highest BCUT2D eigenvalue weighted by Crippen LogP contribution is 2.31. The van der Waals surface area contributed by atoms with Crippen molar-refractivity contribution in [3.8, 4) is 0 Å². The Labute approximate surface area is 122 Å². The van der Waals surface area contributed by atoms with Gasteiger partial charge in [0.1, 0.15) is 11.7 Å². The van der Waals surface area contributed by atoms with E-state index < -0.39 is 11.9 Å². The van der Waals surface area contributed by atoms with Crippen molar-refractivity contribution < 1.29 is 14.3 Å². The van der Waals surface area contributed by atoms with Gasteiger partial charge in [0.2, 0.25) is 0 Å². The molecule has 0 heterocycles. The summed E-state index contributed by atoms with van der Waals surface area (Å²) < 4.78 is 6.08. The quantitative estimate of drug-likeness (QED) is 0.612. The van der Waals surface area contributed by atoms with Crippen LogP contribution < -0.4 is 0 Å². The molecule has 4 heteroatoms. The Morgan fingerprint density at radius 2 is 1.74 bits per heavy atom. The highest BCUT2D eigenvalue weighted by atomic mass is 79.9. The average molecular weight is 327 g/mol. The first kappa shape index (κ1) is 15.9. The van der Waals surface area contributed by atoms with Gasteiger partial charge in [-0.25, -0.2) is 0 Å². The Balaban J connectivity index is 3.03. The number of carbonyl (C=O) groups excluding carboxylic acids is 2. The Kier molecular flexibility index (Phi) is 5.73. The number of hydrogen-bond donors (Lipinski definition) is 0. The van der Waals surface area contributed by atoms with Gasteiger partial charge in [-0.1, -0.05) is 41.1 Å². The van der Waals surface area contributed by atoms with E-state index in [0.717, 1.165) is 10.0 Å². The second-order valence-corrected chi connectivity index (χ2v) is 5.74. The van der Waals surface area contributed by atoms with E-state index in [0.29, 0.717) is 0 Å². The Morgan fingerprint density at radius 1 is 1.16 bits per heavy atom. The molecule has 0 saturated carbocycles. The van der Waals surface area contributed by atoms with E-state index in [9.17, 15) is 9.59 Å². The Morgan fingerprint density at radius 3 is 2.21 bits per heavy atom. The SMILES string of the molecule is CC(=O)C(C(=O)OC(C)C)C(C)c1ccccc1Br. The fourth-order valence-electron chi connectivity index (χ4n) is 2.05. The van der Waals surface area contributed by atoms with Crippen molar-refractivity contribution in [2.75, 3.05) is 0 Å². The second kappa shape index (κ2) is 6.85. The van der Waals surface area contributed by atoms with Crippen molar-refractivity contribution in [3.63, 3.8) is 0 Å². The monoisotopic (exact) mass is 326 g/mol. The molecule has 0 aliphatic heterocycles. The predicted octanol–water partition coefficient (Wildman–Crippen LogP) is 3.71. The summed E-state index contributed by atoms with van der Waals surface area (Å²) in [6, 6.07) is 7.60. The molecule has 0 fully saturated rings. The van der Waals surface area contributed by atoms with Crippen molar-refractivity contribution in [2.45, 2.75) is 39.7 Å². The van der Waals surface area contributed by atoms with Crippen LogP contribution in [0.1, 0.15) is 39.2 Å². The number of Topliss-reactive ketones (excluding diaryl/α,β-unsaturated/α-hetero) is 1. The van der Waals surface area contributed by atoms with Crippen LogP contribution in [0.5, 0.6) is 0 Å². The molecule has 0 radical (unpaired) electrons. The molecule has 0 bridgehead atoms. The smallest absolute Gasteiger partial charge is 0.317 e. The molecule has 0 spiro atoms. The fraction of sp³-hybridized carbons (Fsp3) is 0.467. The van der Waals surface area contributed by atoms with Crippen LogP contribution in [0.4, 0.5) is 0 Å². The lowest BCUT2D eigenvalue weighted by molar-refractivity contribution is -0.155. The van der Waals surface area contributed by atoms with E-state index in [-0.39, 0.29) is 17.8 Å². The number of halogens is 1. The van der Waals surface area contributed by atoms with Crippen LogP contribution in [0.3, 0.4) is 0 Å². The van der Waals surface area contributed by atoms with Gasteiger partial charge in [-0.15, -0.1) is 0 Å². The van der Waals surface area contributed by atoms with Crippen LogP contribution in [0.2, 0.25) is 0 Å². The molecule has 0 aliphatic rings. The maximum atomic E-state index is 12.1. The van der Waals surface area contributed by atoms with Gasteiger partial charge in [0, 0.05) is 10.4 Å². The van der Waals surface area contributed by atoms with E-state index in [1.54, 1.807) is 13.8 Å². The minimum absolute atomic E-state index is 0.172. The molecule has 1 aromatic carbocycles. The lowest BCUT2D eigenvalue weighted by Gasteiger charge is -2.22. The maximum Gasteiger partial charge on any atom is 0.317 e. The lowest BCUT2D eigenvalue weighted by atomic mass is 9.85. The van der Waals surface area contributed by atoms with Crippen molar-refractivity contribution in [3.05, 3.63) is 34.3 Å². The molecule has 19 heavy (non-hydrogen) atoms. The van der Waals surface area contributed by atoms with Gasteiger partial charge in [0.05, 0.1) is 6.10 Å². The van der Waals surface area contributed by atoms with E-state index in [4.69, 9.17) is 4.74 Å². The molecule has 1 rings (SSSR count). The van der Waals surface area contributed by atoms with Crippen LogP contribution in [0, 0.1) is 5.92 Å². The van der Waals surface area contributed by atoms with Gasteiger partial charge in [-0.3, -0.25) is 9.59 Å². The zero-order chi connectivity index (χ0) is 14.6. The third-order valence-electron chi connectivity index (χ3n) is 2.94. The van der Waals surface area contributed by atoms with Crippen molar-refractivity contribution in [1.82, 2.24) is 0 Å². The summed E-state index contributed by atoms with van der Waals surface area (Å²) in [5, 5.41) is 0. The summed E-state index contributed by atoms with van der Waals surface area (Å²) in [5.74, 6) is -1.61. The molecule has 0 N–H and O–H groups in total. The molecular formula is C15H19BrO3. The molecule has 0 aromatic heterocycles. The molecule has 104 valence electrons. The van der Waals surface area contributed by atoms with Gasteiger partial charge in [-0.05, 0) is 32.4 Å². The number of benzene rings is 1. The van der Waals surface area contributed by atoms with Crippen LogP contribution in [0.15, 0.2) is 28.7 Å². The molecular weight excluding hydrogens is 308 g/mol. The van der Waals surface area contributed by atoms with Crippen LogP contribution in [-0.4, -0.2) is 17.9 Å². The van der Waals surface area contributed by atoms with Crippen molar-refractivity contribution >= 4 is 27.7 Å². The Hall–Kier alpha value is -1.16. The average Bonchev–Trinajstić information content (AvgIpc) is 2.27. The summed E-state index contributed by atoms with van der Waals surface area (Å²) in [4.78, 5) is 23.8. The largest absolute Gasteiger partial charge is 0.462 e. The zero-order valence-electron chi connectivity index (χ0n) is 11.6.